The number of hydrogen-bond donors (Lipinski definition) is 2. The highest BCUT2D eigenvalue weighted by Gasteiger charge is 2.15. The van der Waals surface area contributed by atoms with Gasteiger partial charge in [0.15, 0.2) is 5.17 Å². The number of hydrogen-bond acceptors (Lipinski definition) is 7. The minimum Gasteiger partial charge on any atom is -0.457 e. The van der Waals surface area contributed by atoms with Gasteiger partial charge in [0, 0.05) is 41.8 Å². The molecular formula is C23H19ClN6O2S. The van der Waals surface area contributed by atoms with E-state index in [4.69, 9.17) is 16.3 Å². The first kappa shape index (κ1) is 21.3. The molecule has 2 N–H and O–H groups in total. The molecule has 0 unspecified atom stereocenters. The van der Waals surface area contributed by atoms with E-state index in [2.05, 4.69) is 25.6 Å². The minimum absolute atomic E-state index is 0.260. The van der Waals surface area contributed by atoms with Gasteiger partial charge in [0.2, 0.25) is 5.95 Å². The van der Waals surface area contributed by atoms with E-state index in [1.54, 1.807) is 18.3 Å². The van der Waals surface area contributed by atoms with E-state index in [0.29, 0.717) is 34.2 Å². The number of benzene rings is 2. The Balaban J connectivity index is 1.34. The second kappa shape index (κ2) is 9.13. The van der Waals surface area contributed by atoms with Crippen LogP contribution < -0.4 is 15.4 Å². The van der Waals surface area contributed by atoms with Crippen LogP contribution in [0.1, 0.15) is 10.5 Å². The lowest BCUT2D eigenvalue weighted by atomic mass is 10.3. The van der Waals surface area contributed by atoms with E-state index >= 15 is 0 Å². The number of nitrogens with zero attached hydrogens (tertiary/aromatic N) is 4. The molecule has 0 atom stereocenters. The number of ether oxygens (including phenoxy) is 1. The monoisotopic (exact) mass is 478 g/mol. The first-order valence-corrected chi connectivity index (χ1v) is 11.5. The van der Waals surface area contributed by atoms with Gasteiger partial charge in [-0.3, -0.25) is 20.1 Å². The average Bonchev–Trinajstić information content (AvgIpc) is 3.43. The Morgan fingerprint density at radius 3 is 2.73 bits per heavy atom. The van der Waals surface area contributed by atoms with Crippen LogP contribution in [0.5, 0.6) is 11.5 Å². The molecule has 0 aliphatic carbocycles. The number of amides is 1. The third kappa shape index (κ3) is 4.79. The van der Waals surface area contributed by atoms with Crippen LogP contribution in [0.4, 0.5) is 11.6 Å². The van der Waals surface area contributed by atoms with Gasteiger partial charge in [0.05, 0.1) is 17.6 Å². The molecule has 2 aromatic heterocycles. The van der Waals surface area contributed by atoms with E-state index in [-0.39, 0.29) is 11.6 Å². The van der Waals surface area contributed by atoms with Crippen molar-refractivity contribution in [2.45, 2.75) is 0 Å². The quantitative estimate of drug-likeness (QED) is 0.419. The molecule has 0 fully saturated rings. The Kier molecular flexibility index (Phi) is 5.89. The summed E-state index contributed by atoms with van der Waals surface area (Å²) in [6.07, 6.45) is 1.54. The zero-order valence-electron chi connectivity index (χ0n) is 17.6. The molecule has 2 aromatic carbocycles. The van der Waals surface area contributed by atoms with Gasteiger partial charge < -0.3 is 14.6 Å². The lowest BCUT2D eigenvalue weighted by Gasteiger charge is -2.08. The summed E-state index contributed by atoms with van der Waals surface area (Å²) in [5.41, 5.74) is 2.87. The Bertz CT molecular complexity index is 1370. The number of pyridine rings is 1. The van der Waals surface area contributed by atoms with Crippen LogP contribution in [0, 0.1) is 0 Å². The van der Waals surface area contributed by atoms with Crippen LogP contribution >= 0.6 is 23.4 Å². The number of nitrogens with one attached hydrogen (secondary N) is 2. The first-order chi connectivity index (χ1) is 16.0. The summed E-state index contributed by atoms with van der Waals surface area (Å²) in [4.78, 5) is 25.5. The number of rotatable bonds is 5. The van der Waals surface area contributed by atoms with Gasteiger partial charge in [-0.15, -0.1) is 0 Å². The Hall–Kier alpha value is -3.56. The van der Waals surface area contributed by atoms with Crippen molar-refractivity contribution < 1.29 is 9.53 Å². The predicted molar refractivity (Wildman–Crippen MR) is 132 cm³/mol. The molecule has 33 heavy (non-hydrogen) atoms. The summed E-state index contributed by atoms with van der Waals surface area (Å²) >= 11 is 7.48. The van der Waals surface area contributed by atoms with Crippen LogP contribution in [0.25, 0.3) is 11.0 Å². The SMILES string of the molecule is Cn1c(Nc2ccc(Cl)cc2)nc2cc(Oc3ccnc(C(=O)NC4=NCCS4)c3)ccc21. The summed E-state index contributed by atoms with van der Waals surface area (Å²) in [7, 11) is 1.94. The standard InChI is InChI=1S/C23H19ClN6O2S/c1-30-20-7-6-16(12-18(20)28-22(30)27-15-4-2-14(24)3-5-15)32-17-8-9-25-19(13-17)21(31)29-23-26-10-11-33-23/h2-9,12-13H,10-11H2,1H3,(H,27,28)(H,26,29,31). The van der Waals surface area contributed by atoms with Gasteiger partial charge in [0.1, 0.15) is 17.2 Å². The molecule has 1 aliphatic heterocycles. The van der Waals surface area contributed by atoms with Crippen LogP contribution in [0.2, 0.25) is 5.02 Å². The van der Waals surface area contributed by atoms with Crippen molar-refractivity contribution in [2.75, 3.05) is 17.6 Å². The van der Waals surface area contributed by atoms with Crippen molar-refractivity contribution in [3.8, 4) is 11.5 Å². The molecule has 0 bridgehead atoms. The highest BCUT2D eigenvalue weighted by atomic mass is 35.5. The number of aromatic nitrogens is 3. The molecular weight excluding hydrogens is 460 g/mol. The number of aryl methyl sites for hydroxylation is 1. The van der Waals surface area contributed by atoms with E-state index < -0.39 is 0 Å². The molecule has 0 radical (unpaired) electrons. The summed E-state index contributed by atoms with van der Waals surface area (Å²) in [6, 6.07) is 16.4. The van der Waals surface area contributed by atoms with E-state index in [0.717, 1.165) is 22.5 Å². The van der Waals surface area contributed by atoms with Gasteiger partial charge in [-0.1, -0.05) is 23.4 Å². The number of halogens is 1. The van der Waals surface area contributed by atoms with Crippen molar-refractivity contribution in [1.82, 2.24) is 19.9 Å². The van der Waals surface area contributed by atoms with Crippen molar-refractivity contribution >= 4 is 57.1 Å². The van der Waals surface area contributed by atoms with E-state index in [1.807, 2.05) is 54.1 Å². The normalized spacial score (nSPS) is 13.1. The maximum absolute atomic E-state index is 12.4. The second-order valence-electron chi connectivity index (χ2n) is 7.25. The summed E-state index contributed by atoms with van der Waals surface area (Å²) in [5, 5.41) is 7.37. The maximum Gasteiger partial charge on any atom is 0.275 e. The van der Waals surface area contributed by atoms with Gasteiger partial charge in [0.25, 0.3) is 5.91 Å². The smallest absolute Gasteiger partial charge is 0.275 e. The number of imidazole rings is 1. The molecule has 10 heteroatoms. The van der Waals surface area contributed by atoms with Gasteiger partial charge in [-0.05, 0) is 42.5 Å². The van der Waals surface area contributed by atoms with Crippen LogP contribution in [-0.2, 0) is 7.05 Å². The lowest BCUT2D eigenvalue weighted by Crippen LogP contribution is -2.28. The van der Waals surface area contributed by atoms with Gasteiger partial charge in [-0.2, -0.15) is 0 Å². The molecule has 1 aliphatic rings. The number of carbonyl (C=O) groups is 1. The fourth-order valence-electron chi connectivity index (χ4n) is 3.32. The second-order valence-corrected chi connectivity index (χ2v) is 8.77. The third-order valence-corrected chi connectivity index (χ3v) is 6.10. The molecule has 3 heterocycles. The lowest BCUT2D eigenvalue weighted by molar-refractivity contribution is 0.0973. The zero-order chi connectivity index (χ0) is 22.8. The van der Waals surface area contributed by atoms with E-state index in [1.165, 1.54) is 11.8 Å². The van der Waals surface area contributed by atoms with Crippen LogP contribution in [0.15, 0.2) is 65.8 Å². The number of aliphatic imine (C=N–C) groups is 1. The zero-order valence-corrected chi connectivity index (χ0v) is 19.2. The number of carbonyl (C=O) groups excluding carboxylic acids is 1. The average molecular weight is 479 g/mol. The Morgan fingerprint density at radius 2 is 1.94 bits per heavy atom. The molecule has 166 valence electrons. The molecule has 5 rings (SSSR count). The minimum atomic E-state index is -0.313. The van der Waals surface area contributed by atoms with Crippen molar-refractivity contribution in [2.24, 2.45) is 12.0 Å². The molecule has 0 spiro atoms. The van der Waals surface area contributed by atoms with Crippen LogP contribution in [-0.4, -0.2) is 37.9 Å². The third-order valence-electron chi connectivity index (χ3n) is 4.96. The summed E-state index contributed by atoms with van der Waals surface area (Å²) < 4.78 is 7.95. The maximum atomic E-state index is 12.4. The molecule has 0 saturated carbocycles. The van der Waals surface area contributed by atoms with Gasteiger partial charge in [-0.25, -0.2) is 4.98 Å². The fourth-order valence-corrected chi connectivity index (χ4v) is 4.17. The molecule has 0 saturated heterocycles. The summed E-state index contributed by atoms with van der Waals surface area (Å²) in [5.74, 6) is 2.36. The van der Waals surface area contributed by atoms with Crippen molar-refractivity contribution in [1.29, 1.82) is 0 Å². The highest BCUT2D eigenvalue weighted by molar-refractivity contribution is 8.14. The number of anilines is 2. The number of amidine groups is 1. The Morgan fingerprint density at radius 1 is 1.12 bits per heavy atom. The van der Waals surface area contributed by atoms with E-state index in [9.17, 15) is 4.79 Å². The molecule has 4 aromatic rings. The molecule has 1 amide bonds. The summed E-state index contributed by atoms with van der Waals surface area (Å²) in [6.45, 7) is 0.712. The van der Waals surface area contributed by atoms with Crippen LogP contribution in [0.3, 0.4) is 0 Å². The fraction of sp³-hybridized carbons (Fsp3) is 0.130. The topological polar surface area (TPSA) is 93.4 Å². The van der Waals surface area contributed by atoms with Crippen molar-refractivity contribution in [3.05, 3.63) is 71.5 Å². The first-order valence-electron chi connectivity index (χ1n) is 10.2. The predicted octanol–water partition coefficient (Wildman–Crippen LogP) is 4.99. The highest BCUT2D eigenvalue weighted by Crippen LogP contribution is 2.28. The van der Waals surface area contributed by atoms with Crippen molar-refractivity contribution in [3.63, 3.8) is 0 Å². The molecule has 8 nitrogen and oxygen atoms in total. The Labute approximate surface area is 199 Å². The largest absolute Gasteiger partial charge is 0.457 e. The number of fused-ring (bicyclic) bond motifs is 1. The number of thioether (sulfide) groups is 1. The van der Waals surface area contributed by atoms with Gasteiger partial charge >= 0.3 is 0 Å².